The maximum Gasteiger partial charge on any atom is 0.410 e. The van der Waals surface area contributed by atoms with E-state index in [4.69, 9.17) is 9.15 Å². The highest BCUT2D eigenvalue weighted by Crippen LogP contribution is 2.43. The standard InChI is InChI=1S/C30H46BrN3O4/c1-3-4-10-25-21-33(20-23-8-6-5-7-9-23)28(36)38-30(25)13-17-34(18-14-30)29(2)11-15-32(16-12-29)27(35)24-19-26(31)37-22-24/h19,22-23,25H,3-18,20-21H2,1-2H3. The Labute approximate surface area is 236 Å². The number of nitrogens with zero attached hydrogens (tertiary/aromatic N) is 3. The summed E-state index contributed by atoms with van der Waals surface area (Å²) in [5.41, 5.74) is 0.364. The van der Waals surface area contributed by atoms with Gasteiger partial charge in [0.1, 0.15) is 11.9 Å². The fourth-order valence-electron chi connectivity index (χ4n) is 7.51. The van der Waals surface area contributed by atoms with Crippen LogP contribution in [0, 0.1) is 11.8 Å². The van der Waals surface area contributed by atoms with E-state index in [0.29, 0.717) is 22.1 Å². The summed E-state index contributed by atoms with van der Waals surface area (Å²) in [6, 6.07) is 1.75. The molecule has 5 rings (SSSR count). The molecule has 1 saturated carbocycles. The summed E-state index contributed by atoms with van der Waals surface area (Å²) in [6.45, 7) is 9.78. The molecule has 38 heavy (non-hydrogen) atoms. The lowest BCUT2D eigenvalue weighted by Crippen LogP contribution is -2.63. The Morgan fingerprint density at radius 1 is 1.08 bits per heavy atom. The molecule has 1 aromatic rings. The van der Waals surface area contributed by atoms with Gasteiger partial charge in [-0.3, -0.25) is 9.69 Å². The Balaban J connectivity index is 1.18. The second-order valence-electron chi connectivity index (χ2n) is 12.6. The van der Waals surface area contributed by atoms with Crippen LogP contribution in [-0.4, -0.2) is 77.1 Å². The smallest absolute Gasteiger partial charge is 0.410 e. The number of likely N-dealkylation sites (tertiary alicyclic amines) is 2. The fourth-order valence-corrected chi connectivity index (χ4v) is 7.85. The number of piperidine rings is 2. The second-order valence-corrected chi connectivity index (χ2v) is 13.4. The van der Waals surface area contributed by atoms with Crippen molar-refractivity contribution in [2.45, 2.75) is 102 Å². The normalized spacial score (nSPS) is 26.5. The third-order valence-corrected chi connectivity index (χ3v) is 10.6. The molecule has 212 valence electrons. The molecule has 3 saturated heterocycles. The number of hydrogen-bond acceptors (Lipinski definition) is 5. The van der Waals surface area contributed by atoms with Gasteiger partial charge in [-0.15, -0.1) is 0 Å². The molecule has 4 aliphatic rings. The number of amides is 2. The van der Waals surface area contributed by atoms with E-state index in [2.05, 4.69) is 39.6 Å². The van der Waals surface area contributed by atoms with Crippen molar-refractivity contribution in [3.63, 3.8) is 0 Å². The van der Waals surface area contributed by atoms with Gasteiger partial charge in [0.25, 0.3) is 5.91 Å². The third kappa shape index (κ3) is 5.96. The van der Waals surface area contributed by atoms with E-state index in [9.17, 15) is 9.59 Å². The largest absolute Gasteiger partial charge is 0.457 e. The summed E-state index contributed by atoms with van der Waals surface area (Å²) >= 11 is 3.29. The summed E-state index contributed by atoms with van der Waals surface area (Å²) in [6.07, 6.45) is 15.2. The molecule has 0 aromatic carbocycles. The minimum Gasteiger partial charge on any atom is -0.457 e. The topological polar surface area (TPSA) is 66.2 Å². The zero-order valence-corrected chi connectivity index (χ0v) is 25.0. The molecule has 4 heterocycles. The van der Waals surface area contributed by atoms with Crippen LogP contribution in [0.25, 0.3) is 0 Å². The van der Waals surface area contributed by atoms with Gasteiger partial charge in [-0.1, -0.05) is 39.0 Å². The Morgan fingerprint density at radius 3 is 2.42 bits per heavy atom. The summed E-state index contributed by atoms with van der Waals surface area (Å²) in [7, 11) is 0. The van der Waals surface area contributed by atoms with Crippen molar-refractivity contribution >= 4 is 27.9 Å². The van der Waals surface area contributed by atoms with Gasteiger partial charge in [0.2, 0.25) is 0 Å². The molecule has 1 spiro atoms. The van der Waals surface area contributed by atoms with E-state index in [1.165, 1.54) is 51.2 Å². The molecular weight excluding hydrogens is 546 g/mol. The van der Waals surface area contributed by atoms with E-state index in [1.54, 1.807) is 6.07 Å². The van der Waals surface area contributed by atoms with Crippen LogP contribution in [-0.2, 0) is 4.74 Å². The van der Waals surface area contributed by atoms with Crippen molar-refractivity contribution in [2.75, 3.05) is 39.3 Å². The van der Waals surface area contributed by atoms with Crippen molar-refractivity contribution in [1.82, 2.24) is 14.7 Å². The average molecular weight is 593 g/mol. The molecule has 4 fully saturated rings. The summed E-state index contributed by atoms with van der Waals surface area (Å²) < 4.78 is 12.3. The molecule has 0 bridgehead atoms. The zero-order chi connectivity index (χ0) is 26.8. The number of unbranched alkanes of at least 4 members (excludes halogenated alkanes) is 1. The first kappa shape index (κ1) is 28.0. The molecule has 8 heteroatoms. The monoisotopic (exact) mass is 591 g/mol. The van der Waals surface area contributed by atoms with Gasteiger partial charge in [0, 0.05) is 69.6 Å². The number of halogens is 1. The molecule has 3 aliphatic heterocycles. The fraction of sp³-hybridized carbons (Fsp3) is 0.800. The molecule has 1 atom stereocenters. The van der Waals surface area contributed by atoms with Crippen molar-refractivity contribution in [3.05, 3.63) is 22.6 Å². The van der Waals surface area contributed by atoms with Crippen LogP contribution in [0.2, 0.25) is 0 Å². The average Bonchev–Trinajstić information content (AvgIpc) is 3.37. The molecule has 0 N–H and O–H groups in total. The molecule has 1 aliphatic carbocycles. The van der Waals surface area contributed by atoms with E-state index in [1.807, 2.05) is 4.90 Å². The molecule has 7 nitrogen and oxygen atoms in total. The zero-order valence-electron chi connectivity index (χ0n) is 23.4. The van der Waals surface area contributed by atoms with Crippen LogP contribution in [0.1, 0.15) is 101 Å². The van der Waals surface area contributed by atoms with Gasteiger partial charge in [0.15, 0.2) is 4.67 Å². The Hall–Kier alpha value is -1.54. The highest BCUT2D eigenvalue weighted by Gasteiger charge is 2.51. The molecule has 0 radical (unpaired) electrons. The lowest BCUT2D eigenvalue weighted by molar-refractivity contribution is -0.134. The van der Waals surface area contributed by atoms with Gasteiger partial charge < -0.3 is 19.0 Å². The maximum atomic E-state index is 13.3. The van der Waals surface area contributed by atoms with Gasteiger partial charge >= 0.3 is 6.09 Å². The van der Waals surface area contributed by atoms with Gasteiger partial charge in [-0.05, 0) is 60.9 Å². The first-order valence-electron chi connectivity index (χ1n) is 15.1. The van der Waals surface area contributed by atoms with E-state index >= 15 is 0 Å². The van der Waals surface area contributed by atoms with Gasteiger partial charge in [-0.2, -0.15) is 0 Å². The third-order valence-electron chi connectivity index (χ3n) is 10.2. The number of carbonyl (C=O) groups excluding carboxylic acids is 2. The van der Waals surface area contributed by atoms with Crippen molar-refractivity contribution < 1.29 is 18.7 Å². The quantitative estimate of drug-likeness (QED) is 0.352. The molecule has 1 aromatic heterocycles. The number of rotatable bonds is 7. The Bertz CT molecular complexity index is 958. The van der Waals surface area contributed by atoms with Crippen LogP contribution < -0.4 is 0 Å². The number of ether oxygens (including phenoxy) is 1. The molecule has 1 unspecified atom stereocenters. The summed E-state index contributed by atoms with van der Waals surface area (Å²) in [5, 5.41) is 0. The lowest BCUT2D eigenvalue weighted by atomic mass is 9.74. The van der Waals surface area contributed by atoms with Crippen molar-refractivity contribution in [3.8, 4) is 0 Å². The maximum absolute atomic E-state index is 13.3. The van der Waals surface area contributed by atoms with Crippen LogP contribution >= 0.6 is 15.9 Å². The summed E-state index contributed by atoms with van der Waals surface area (Å²) in [5.74, 6) is 1.11. The number of carbonyl (C=O) groups is 2. The highest BCUT2D eigenvalue weighted by atomic mass is 79.9. The van der Waals surface area contributed by atoms with Crippen LogP contribution in [0.4, 0.5) is 4.79 Å². The summed E-state index contributed by atoms with van der Waals surface area (Å²) in [4.78, 5) is 32.8. The van der Waals surface area contributed by atoms with Crippen LogP contribution in [0.5, 0.6) is 0 Å². The van der Waals surface area contributed by atoms with Crippen LogP contribution in [0.15, 0.2) is 21.4 Å². The predicted octanol–water partition coefficient (Wildman–Crippen LogP) is 6.71. The number of furan rings is 1. The molecule has 2 amide bonds. The molecular formula is C30H46BrN3O4. The van der Waals surface area contributed by atoms with E-state index in [-0.39, 0.29) is 23.1 Å². The van der Waals surface area contributed by atoms with Crippen LogP contribution in [0.3, 0.4) is 0 Å². The minimum atomic E-state index is -0.312. The lowest BCUT2D eigenvalue weighted by Gasteiger charge is -2.55. The Kier molecular flexibility index (Phi) is 8.78. The van der Waals surface area contributed by atoms with Crippen molar-refractivity contribution in [2.24, 2.45) is 11.8 Å². The Morgan fingerprint density at radius 2 is 1.79 bits per heavy atom. The van der Waals surface area contributed by atoms with Gasteiger partial charge in [0.05, 0.1) is 5.56 Å². The SMILES string of the molecule is CCCCC1CN(CC2CCCCC2)C(=O)OC12CCN(C1(C)CCN(C(=O)c3coc(Br)c3)CC1)CC2. The first-order valence-corrected chi connectivity index (χ1v) is 15.9. The first-order chi connectivity index (χ1) is 18.3. The second kappa shape index (κ2) is 11.9. The minimum absolute atomic E-state index is 0.0461. The van der Waals surface area contributed by atoms with E-state index in [0.717, 1.165) is 71.4 Å². The van der Waals surface area contributed by atoms with Gasteiger partial charge in [-0.25, -0.2) is 4.79 Å². The highest BCUT2D eigenvalue weighted by molar-refractivity contribution is 9.10. The van der Waals surface area contributed by atoms with E-state index < -0.39 is 0 Å². The number of hydrogen-bond donors (Lipinski definition) is 0. The van der Waals surface area contributed by atoms with Crippen molar-refractivity contribution in [1.29, 1.82) is 0 Å². The predicted molar refractivity (Wildman–Crippen MR) is 151 cm³/mol.